The van der Waals surface area contributed by atoms with Gasteiger partial charge in [0.2, 0.25) is 0 Å². The van der Waals surface area contributed by atoms with Crippen molar-refractivity contribution in [1.82, 2.24) is 14.9 Å². The Labute approximate surface area is 108 Å². The molecule has 0 bridgehead atoms. The van der Waals surface area contributed by atoms with Crippen LogP contribution in [0.15, 0.2) is 6.20 Å². The minimum atomic E-state index is 0.750. The van der Waals surface area contributed by atoms with Crippen LogP contribution in [0.25, 0.3) is 0 Å². The van der Waals surface area contributed by atoms with Crippen molar-refractivity contribution < 1.29 is 4.74 Å². The summed E-state index contributed by atoms with van der Waals surface area (Å²) < 4.78 is 7.31. The molecule has 0 aliphatic heterocycles. The largest absolute Gasteiger partial charge is 0.383 e. The van der Waals surface area contributed by atoms with E-state index in [9.17, 15) is 0 Å². The fourth-order valence-corrected chi connectivity index (χ4v) is 2.14. The molecule has 0 aliphatic rings. The number of aryl methyl sites for hydroxylation is 1. The van der Waals surface area contributed by atoms with Gasteiger partial charge >= 0.3 is 0 Å². The Morgan fingerprint density at radius 3 is 3.06 bits per heavy atom. The maximum Gasteiger partial charge on any atom is 0.105 e. The van der Waals surface area contributed by atoms with Crippen molar-refractivity contribution in [2.45, 2.75) is 26.4 Å². The zero-order valence-electron chi connectivity index (χ0n) is 11.0. The third-order valence-electron chi connectivity index (χ3n) is 2.66. The number of nitrogens with one attached hydrogen (secondary N) is 1. The first kappa shape index (κ1) is 14.5. The van der Waals surface area contributed by atoms with E-state index in [1.54, 1.807) is 7.11 Å². The van der Waals surface area contributed by atoms with E-state index in [4.69, 9.17) is 4.74 Å². The summed E-state index contributed by atoms with van der Waals surface area (Å²) in [6.07, 6.45) is 5.31. The minimum Gasteiger partial charge on any atom is -0.383 e. The van der Waals surface area contributed by atoms with E-state index in [1.807, 2.05) is 18.0 Å². The van der Waals surface area contributed by atoms with Crippen LogP contribution in [0, 0.1) is 6.92 Å². The van der Waals surface area contributed by atoms with Gasteiger partial charge < -0.3 is 14.6 Å². The van der Waals surface area contributed by atoms with Gasteiger partial charge in [-0.25, -0.2) is 4.98 Å². The number of methoxy groups -OCH3 is 1. The van der Waals surface area contributed by atoms with Gasteiger partial charge in [0.15, 0.2) is 0 Å². The quantitative estimate of drug-likeness (QED) is 0.683. The smallest absolute Gasteiger partial charge is 0.105 e. The molecule has 0 aromatic carbocycles. The zero-order chi connectivity index (χ0) is 12.5. The molecule has 0 fully saturated rings. The van der Waals surface area contributed by atoms with E-state index in [1.165, 1.54) is 17.9 Å². The third-order valence-corrected chi connectivity index (χ3v) is 3.35. The summed E-state index contributed by atoms with van der Waals surface area (Å²) in [4.78, 5) is 4.38. The van der Waals surface area contributed by atoms with Crippen LogP contribution < -0.4 is 5.32 Å². The molecule has 1 N–H and O–H groups in total. The third kappa shape index (κ3) is 5.10. The van der Waals surface area contributed by atoms with Gasteiger partial charge in [-0.1, -0.05) is 0 Å². The van der Waals surface area contributed by atoms with Crippen LogP contribution in [0.4, 0.5) is 0 Å². The molecule has 1 heterocycles. The summed E-state index contributed by atoms with van der Waals surface area (Å²) in [5, 5.41) is 3.36. The van der Waals surface area contributed by atoms with E-state index in [-0.39, 0.29) is 0 Å². The lowest BCUT2D eigenvalue weighted by Gasteiger charge is -2.10. The predicted molar refractivity (Wildman–Crippen MR) is 73.5 cm³/mol. The lowest BCUT2D eigenvalue weighted by Crippen LogP contribution is -2.20. The highest BCUT2D eigenvalue weighted by Crippen LogP contribution is 2.07. The van der Waals surface area contributed by atoms with Crippen LogP contribution in [0.3, 0.4) is 0 Å². The SMILES string of the molecule is COCCNCc1cnc(C)n1CCCSC. The highest BCUT2D eigenvalue weighted by atomic mass is 32.2. The second kappa shape index (κ2) is 8.55. The van der Waals surface area contributed by atoms with Crippen LogP contribution in [0.2, 0.25) is 0 Å². The molecule has 0 amide bonds. The summed E-state index contributed by atoms with van der Waals surface area (Å²) in [5.74, 6) is 2.31. The summed E-state index contributed by atoms with van der Waals surface area (Å²) >= 11 is 1.89. The van der Waals surface area contributed by atoms with Gasteiger partial charge in [0.05, 0.1) is 12.3 Å². The Balaban J connectivity index is 2.41. The minimum absolute atomic E-state index is 0.750. The van der Waals surface area contributed by atoms with E-state index < -0.39 is 0 Å². The Hall–Kier alpha value is -0.520. The van der Waals surface area contributed by atoms with Crippen LogP contribution >= 0.6 is 11.8 Å². The number of aromatic nitrogens is 2. The monoisotopic (exact) mass is 257 g/mol. The molecule has 1 rings (SSSR count). The van der Waals surface area contributed by atoms with Gasteiger partial charge in [-0.2, -0.15) is 11.8 Å². The Morgan fingerprint density at radius 1 is 1.53 bits per heavy atom. The molecule has 17 heavy (non-hydrogen) atoms. The topological polar surface area (TPSA) is 39.1 Å². The van der Waals surface area contributed by atoms with Crippen molar-refractivity contribution in [1.29, 1.82) is 0 Å². The van der Waals surface area contributed by atoms with E-state index in [2.05, 4.69) is 28.0 Å². The van der Waals surface area contributed by atoms with Crippen molar-refractivity contribution in [3.63, 3.8) is 0 Å². The number of nitrogens with zero attached hydrogens (tertiary/aromatic N) is 2. The lowest BCUT2D eigenvalue weighted by molar-refractivity contribution is 0.199. The molecule has 1 aromatic rings. The average molecular weight is 257 g/mol. The maximum atomic E-state index is 5.01. The molecular weight excluding hydrogens is 234 g/mol. The van der Waals surface area contributed by atoms with Gasteiger partial charge in [-0.15, -0.1) is 0 Å². The van der Waals surface area contributed by atoms with Crippen molar-refractivity contribution >= 4 is 11.8 Å². The fourth-order valence-electron chi connectivity index (χ4n) is 1.72. The molecule has 0 aliphatic carbocycles. The number of rotatable bonds is 9. The first-order valence-corrected chi connectivity index (χ1v) is 7.38. The van der Waals surface area contributed by atoms with Gasteiger partial charge in [0.25, 0.3) is 0 Å². The molecule has 98 valence electrons. The summed E-state index contributed by atoms with van der Waals surface area (Å²) in [6.45, 7) is 5.63. The Morgan fingerprint density at radius 2 is 2.35 bits per heavy atom. The van der Waals surface area contributed by atoms with Gasteiger partial charge in [0.1, 0.15) is 5.82 Å². The first-order valence-electron chi connectivity index (χ1n) is 5.99. The van der Waals surface area contributed by atoms with E-state index in [0.29, 0.717) is 0 Å². The molecule has 0 atom stereocenters. The Kier molecular flexibility index (Phi) is 7.32. The van der Waals surface area contributed by atoms with Crippen molar-refractivity contribution in [3.8, 4) is 0 Å². The number of ether oxygens (including phenoxy) is 1. The number of hydrogen-bond donors (Lipinski definition) is 1. The van der Waals surface area contributed by atoms with Gasteiger partial charge in [-0.3, -0.25) is 0 Å². The standard InChI is InChI=1S/C12H23N3OS/c1-11-14-10-12(9-13-5-7-16-2)15(11)6-4-8-17-3/h10,13H,4-9H2,1-3H3. The molecule has 5 heteroatoms. The van der Waals surface area contributed by atoms with Crippen LogP contribution in [-0.4, -0.2) is 41.8 Å². The highest BCUT2D eigenvalue weighted by Gasteiger charge is 2.05. The second-order valence-corrected chi connectivity index (χ2v) is 4.95. The maximum absolute atomic E-state index is 5.01. The van der Waals surface area contributed by atoms with Crippen LogP contribution in [0.5, 0.6) is 0 Å². The van der Waals surface area contributed by atoms with Gasteiger partial charge in [-0.05, 0) is 25.4 Å². The molecule has 1 aromatic heterocycles. The summed E-state index contributed by atoms with van der Waals surface area (Å²) in [6, 6.07) is 0. The number of thioether (sulfide) groups is 1. The molecule has 0 radical (unpaired) electrons. The van der Waals surface area contributed by atoms with Crippen LogP contribution in [-0.2, 0) is 17.8 Å². The second-order valence-electron chi connectivity index (χ2n) is 3.96. The molecule has 0 unspecified atom stereocenters. The fraction of sp³-hybridized carbons (Fsp3) is 0.750. The first-order chi connectivity index (χ1) is 8.29. The van der Waals surface area contributed by atoms with Crippen molar-refractivity contribution in [2.75, 3.05) is 32.3 Å². The number of imidazole rings is 1. The predicted octanol–water partition coefficient (Wildman–Crippen LogP) is 1.68. The van der Waals surface area contributed by atoms with E-state index >= 15 is 0 Å². The normalized spacial score (nSPS) is 11.0. The zero-order valence-corrected chi connectivity index (χ0v) is 11.8. The molecule has 4 nitrogen and oxygen atoms in total. The van der Waals surface area contributed by atoms with Crippen LogP contribution in [0.1, 0.15) is 17.9 Å². The summed E-state index contributed by atoms with van der Waals surface area (Å²) in [5.41, 5.74) is 1.26. The molecule has 0 saturated heterocycles. The average Bonchev–Trinajstić information content (AvgIpc) is 2.67. The van der Waals surface area contributed by atoms with Crippen molar-refractivity contribution in [2.24, 2.45) is 0 Å². The van der Waals surface area contributed by atoms with Crippen molar-refractivity contribution in [3.05, 3.63) is 17.7 Å². The van der Waals surface area contributed by atoms with Gasteiger partial charge in [0, 0.05) is 32.9 Å². The molecule has 0 saturated carbocycles. The molecular formula is C12H23N3OS. The summed E-state index contributed by atoms with van der Waals surface area (Å²) in [7, 11) is 1.72. The molecule has 0 spiro atoms. The van der Waals surface area contributed by atoms with E-state index in [0.717, 1.165) is 32.1 Å². The lowest BCUT2D eigenvalue weighted by atomic mass is 10.4. The number of hydrogen-bond acceptors (Lipinski definition) is 4. The highest BCUT2D eigenvalue weighted by molar-refractivity contribution is 7.98. The Bertz CT molecular complexity index is 315.